The molecule has 0 unspecified atom stereocenters. The number of thioether (sulfide) groups is 1. The van der Waals surface area contributed by atoms with Crippen LogP contribution in [0.25, 0.3) is 11.4 Å². The fourth-order valence-corrected chi connectivity index (χ4v) is 4.93. The molecular weight excluding hydrogens is 394 g/mol. The summed E-state index contributed by atoms with van der Waals surface area (Å²) in [5.41, 5.74) is 2.08. The number of rotatable bonds is 6. The van der Waals surface area contributed by atoms with Crippen LogP contribution >= 0.6 is 11.8 Å². The third-order valence-corrected chi connectivity index (χ3v) is 6.58. The number of hydrogen-bond donors (Lipinski definition) is 0. The first-order valence-electron chi connectivity index (χ1n) is 10.4. The second-order valence-corrected chi connectivity index (χ2v) is 8.78. The smallest absolute Gasteiger partial charge is 0.233 e. The van der Waals surface area contributed by atoms with Gasteiger partial charge in [-0.25, -0.2) is 0 Å². The number of hydrogen-bond acceptors (Lipinski definition) is 5. The molecule has 3 aromatic rings. The minimum Gasteiger partial charge on any atom is -0.337 e. The zero-order chi connectivity index (χ0) is 20.9. The average molecular weight is 422 g/mol. The van der Waals surface area contributed by atoms with Gasteiger partial charge in [0.1, 0.15) is 0 Å². The minimum atomic E-state index is 0.178. The normalized spacial score (nSPS) is 19.1. The Morgan fingerprint density at radius 1 is 1.07 bits per heavy atom. The standard InChI is InChI=1S/C23H27N5OS/c1-17-8-6-9-18(2)28(17)21(29)16-30-23-26-25-22(20-12-7-13-24-14-20)27(23)15-19-10-4-3-5-11-19/h3-5,7,10-14,17-18H,6,8-9,15-16H2,1-2H3/t17-,18-/m1/s1. The Morgan fingerprint density at radius 3 is 2.53 bits per heavy atom. The van der Waals surface area contributed by atoms with E-state index in [4.69, 9.17) is 0 Å². The van der Waals surface area contributed by atoms with Gasteiger partial charge >= 0.3 is 0 Å². The van der Waals surface area contributed by atoms with E-state index < -0.39 is 0 Å². The van der Waals surface area contributed by atoms with Gasteiger partial charge in [0, 0.05) is 30.0 Å². The maximum Gasteiger partial charge on any atom is 0.233 e. The molecule has 156 valence electrons. The molecule has 1 amide bonds. The van der Waals surface area contributed by atoms with Crippen LogP contribution in [0.1, 0.15) is 38.7 Å². The number of pyridine rings is 1. The fraction of sp³-hybridized carbons (Fsp3) is 0.391. The van der Waals surface area contributed by atoms with Crippen molar-refractivity contribution in [1.29, 1.82) is 0 Å². The molecular formula is C23H27N5OS. The lowest BCUT2D eigenvalue weighted by Crippen LogP contribution is -2.48. The highest BCUT2D eigenvalue weighted by Crippen LogP contribution is 2.27. The van der Waals surface area contributed by atoms with Crippen LogP contribution < -0.4 is 0 Å². The Labute approximate surface area is 181 Å². The first-order chi connectivity index (χ1) is 14.6. The van der Waals surface area contributed by atoms with Gasteiger partial charge in [-0.2, -0.15) is 0 Å². The Hall–Kier alpha value is -2.67. The van der Waals surface area contributed by atoms with Crippen molar-refractivity contribution in [2.45, 2.75) is 56.9 Å². The zero-order valence-electron chi connectivity index (χ0n) is 17.4. The molecule has 0 bridgehead atoms. The average Bonchev–Trinajstić information content (AvgIpc) is 3.16. The Kier molecular flexibility index (Phi) is 6.47. The molecule has 7 heteroatoms. The van der Waals surface area contributed by atoms with E-state index in [-0.39, 0.29) is 5.91 Å². The lowest BCUT2D eigenvalue weighted by molar-refractivity contribution is -0.134. The number of nitrogens with zero attached hydrogens (tertiary/aromatic N) is 5. The summed E-state index contributed by atoms with van der Waals surface area (Å²) < 4.78 is 2.08. The molecule has 30 heavy (non-hydrogen) atoms. The minimum absolute atomic E-state index is 0.178. The molecule has 6 nitrogen and oxygen atoms in total. The van der Waals surface area contributed by atoms with Gasteiger partial charge in [0.2, 0.25) is 5.91 Å². The molecule has 0 aliphatic carbocycles. The van der Waals surface area contributed by atoms with Gasteiger partial charge in [-0.1, -0.05) is 42.1 Å². The number of piperidine rings is 1. The first-order valence-corrected chi connectivity index (χ1v) is 11.4. The number of aromatic nitrogens is 4. The number of carbonyl (C=O) groups is 1. The van der Waals surface area contributed by atoms with E-state index in [1.165, 1.54) is 18.2 Å². The van der Waals surface area contributed by atoms with Gasteiger partial charge < -0.3 is 4.90 Å². The van der Waals surface area contributed by atoms with Gasteiger partial charge in [-0.3, -0.25) is 14.3 Å². The van der Waals surface area contributed by atoms with Crippen LogP contribution in [-0.2, 0) is 11.3 Å². The predicted molar refractivity (Wildman–Crippen MR) is 119 cm³/mol. The highest BCUT2D eigenvalue weighted by molar-refractivity contribution is 7.99. The quantitative estimate of drug-likeness (QED) is 0.556. The summed E-state index contributed by atoms with van der Waals surface area (Å²) in [5, 5.41) is 9.60. The Bertz CT molecular complexity index is 966. The highest BCUT2D eigenvalue weighted by Gasteiger charge is 2.29. The number of likely N-dealkylation sites (tertiary alicyclic amines) is 1. The second kappa shape index (κ2) is 9.43. The molecule has 2 aromatic heterocycles. The van der Waals surface area contributed by atoms with Crippen molar-refractivity contribution in [1.82, 2.24) is 24.6 Å². The van der Waals surface area contributed by atoms with Gasteiger partial charge in [0.15, 0.2) is 11.0 Å². The second-order valence-electron chi connectivity index (χ2n) is 7.84. The van der Waals surface area contributed by atoms with E-state index in [0.29, 0.717) is 24.4 Å². The third kappa shape index (κ3) is 4.56. The van der Waals surface area contributed by atoms with Crippen LogP contribution in [0.4, 0.5) is 0 Å². The maximum absolute atomic E-state index is 13.0. The van der Waals surface area contributed by atoms with Crippen molar-refractivity contribution < 1.29 is 4.79 Å². The van der Waals surface area contributed by atoms with Gasteiger partial charge in [-0.15, -0.1) is 10.2 Å². The van der Waals surface area contributed by atoms with E-state index in [2.05, 4.69) is 50.6 Å². The summed E-state index contributed by atoms with van der Waals surface area (Å²) in [5.74, 6) is 1.31. The van der Waals surface area contributed by atoms with Crippen molar-refractivity contribution in [3.05, 3.63) is 60.4 Å². The molecule has 1 saturated heterocycles. The van der Waals surface area contributed by atoms with Crippen LogP contribution in [0.5, 0.6) is 0 Å². The number of amides is 1. The predicted octanol–water partition coefficient (Wildman–Crippen LogP) is 4.27. The van der Waals surface area contributed by atoms with E-state index in [0.717, 1.165) is 34.9 Å². The van der Waals surface area contributed by atoms with Crippen LogP contribution in [0, 0.1) is 0 Å². The SMILES string of the molecule is C[C@@H]1CCC[C@@H](C)N1C(=O)CSc1nnc(-c2cccnc2)n1Cc1ccccc1. The molecule has 0 N–H and O–H groups in total. The summed E-state index contributed by atoms with van der Waals surface area (Å²) in [6, 6.07) is 14.7. The highest BCUT2D eigenvalue weighted by atomic mass is 32.2. The van der Waals surface area contributed by atoms with E-state index >= 15 is 0 Å². The van der Waals surface area contributed by atoms with E-state index in [1.807, 2.05) is 30.3 Å². The van der Waals surface area contributed by atoms with Crippen molar-refractivity contribution in [3.8, 4) is 11.4 Å². The van der Waals surface area contributed by atoms with E-state index in [1.54, 1.807) is 12.4 Å². The molecule has 1 aliphatic heterocycles. The monoisotopic (exact) mass is 421 g/mol. The summed E-state index contributed by atoms with van der Waals surface area (Å²) in [7, 11) is 0. The summed E-state index contributed by atoms with van der Waals surface area (Å²) in [6.45, 7) is 4.94. The lowest BCUT2D eigenvalue weighted by atomic mass is 9.98. The lowest BCUT2D eigenvalue weighted by Gasteiger charge is -2.39. The maximum atomic E-state index is 13.0. The molecule has 1 aliphatic rings. The molecule has 0 radical (unpaired) electrons. The number of benzene rings is 1. The van der Waals surface area contributed by atoms with E-state index in [9.17, 15) is 4.79 Å². The zero-order valence-corrected chi connectivity index (χ0v) is 18.3. The topological polar surface area (TPSA) is 63.9 Å². The first kappa shape index (κ1) is 20.6. The van der Waals surface area contributed by atoms with Crippen LogP contribution in [0.3, 0.4) is 0 Å². The van der Waals surface area contributed by atoms with Crippen LogP contribution in [0.15, 0.2) is 60.0 Å². The molecule has 2 atom stereocenters. The van der Waals surface area contributed by atoms with Gasteiger partial charge in [-0.05, 0) is 50.8 Å². The van der Waals surface area contributed by atoms with Crippen LogP contribution in [-0.4, -0.2) is 48.4 Å². The molecule has 1 fully saturated rings. The largest absolute Gasteiger partial charge is 0.337 e. The molecule has 3 heterocycles. The van der Waals surface area contributed by atoms with Crippen molar-refractivity contribution in [2.75, 3.05) is 5.75 Å². The summed E-state index contributed by atoms with van der Waals surface area (Å²) in [4.78, 5) is 19.3. The van der Waals surface area contributed by atoms with Crippen molar-refractivity contribution >= 4 is 17.7 Å². The molecule has 1 aromatic carbocycles. The van der Waals surface area contributed by atoms with Crippen molar-refractivity contribution in [2.24, 2.45) is 0 Å². The number of carbonyl (C=O) groups excluding carboxylic acids is 1. The van der Waals surface area contributed by atoms with Crippen molar-refractivity contribution in [3.63, 3.8) is 0 Å². The van der Waals surface area contributed by atoms with Gasteiger partial charge in [0.05, 0.1) is 12.3 Å². The molecule has 0 spiro atoms. The third-order valence-electron chi connectivity index (χ3n) is 5.63. The van der Waals surface area contributed by atoms with Crippen LogP contribution in [0.2, 0.25) is 0 Å². The molecule has 4 rings (SSSR count). The Morgan fingerprint density at radius 2 is 1.83 bits per heavy atom. The van der Waals surface area contributed by atoms with Gasteiger partial charge in [0.25, 0.3) is 0 Å². The Balaban J connectivity index is 1.56. The fourth-order valence-electron chi connectivity index (χ4n) is 4.13. The summed E-state index contributed by atoms with van der Waals surface area (Å²) in [6.07, 6.45) is 6.89. The molecule has 0 saturated carbocycles. The summed E-state index contributed by atoms with van der Waals surface area (Å²) >= 11 is 1.47.